The molecule has 2 aliphatic rings. The molecule has 4 rings (SSSR count). The van der Waals surface area contributed by atoms with Crippen LogP contribution in [0.1, 0.15) is 37.7 Å². The van der Waals surface area contributed by atoms with Crippen molar-refractivity contribution in [2.24, 2.45) is 5.92 Å². The summed E-state index contributed by atoms with van der Waals surface area (Å²) in [6.07, 6.45) is 5.55. The minimum atomic E-state index is -0.645. The van der Waals surface area contributed by atoms with E-state index in [4.69, 9.17) is 0 Å². The molecule has 2 aromatic rings. The molecular formula is C22H23BrFN3O2. The van der Waals surface area contributed by atoms with Crippen molar-refractivity contribution in [1.29, 1.82) is 0 Å². The van der Waals surface area contributed by atoms with Crippen LogP contribution in [0.3, 0.4) is 0 Å². The molecule has 1 saturated heterocycles. The first-order chi connectivity index (χ1) is 14.0. The van der Waals surface area contributed by atoms with Crippen LogP contribution in [0.25, 0.3) is 0 Å². The van der Waals surface area contributed by atoms with Crippen LogP contribution in [0.4, 0.5) is 10.2 Å². The summed E-state index contributed by atoms with van der Waals surface area (Å²) in [5.41, 5.74) is 0.104. The molecule has 2 heterocycles. The Morgan fingerprint density at radius 2 is 2.03 bits per heavy atom. The van der Waals surface area contributed by atoms with Gasteiger partial charge in [0.25, 0.3) is 0 Å². The number of rotatable bonds is 4. The van der Waals surface area contributed by atoms with Crippen molar-refractivity contribution in [3.8, 4) is 0 Å². The van der Waals surface area contributed by atoms with E-state index in [9.17, 15) is 14.0 Å². The van der Waals surface area contributed by atoms with Crippen molar-refractivity contribution in [1.82, 2.24) is 9.88 Å². The average molecular weight is 460 g/mol. The maximum Gasteiger partial charge on any atom is 0.233 e. The number of nitrogens with one attached hydrogen (secondary N) is 1. The van der Waals surface area contributed by atoms with Crippen LogP contribution in [-0.2, 0) is 15.0 Å². The van der Waals surface area contributed by atoms with Gasteiger partial charge >= 0.3 is 0 Å². The quantitative estimate of drug-likeness (QED) is 0.741. The maximum absolute atomic E-state index is 13.8. The molecule has 0 bridgehead atoms. The number of aromatic nitrogens is 1. The van der Waals surface area contributed by atoms with E-state index in [0.29, 0.717) is 18.9 Å². The number of hydrogen-bond donors (Lipinski definition) is 1. The minimum absolute atomic E-state index is 0.0219. The van der Waals surface area contributed by atoms with Crippen molar-refractivity contribution in [3.05, 3.63) is 58.4 Å². The lowest BCUT2D eigenvalue weighted by Crippen LogP contribution is -2.54. The van der Waals surface area contributed by atoms with Gasteiger partial charge in [-0.1, -0.05) is 18.6 Å². The lowest BCUT2D eigenvalue weighted by atomic mass is 9.63. The molecule has 1 aliphatic heterocycles. The Balaban J connectivity index is 1.46. The number of likely N-dealkylation sites (tertiary alicyclic amines) is 1. The molecule has 152 valence electrons. The van der Waals surface area contributed by atoms with Gasteiger partial charge in [-0.2, -0.15) is 0 Å². The van der Waals surface area contributed by atoms with E-state index < -0.39 is 5.41 Å². The maximum atomic E-state index is 13.8. The zero-order valence-electron chi connectivity index (χ0n) is 16.0. The van der Waals surface area contributed by atoms with Crippen LogP contribution in [0, 0.1) is 11.7 Å². The van der Waals surface area contributed by atoms with Gasteiger partial charge in [-0.25, -0.2) is 9.37 Å². The molecule has 0 radical (unpaired) electrons. The standard InChI is InChI=1S/C22H23BrFN3O2/c23-17-7-8-19(25-13-17)26-20(28)15-4-2-11-27(14-15)21(29)22(9-3-10-22)16-5-1-6-18(24)12-16/h1,5-8,12-13,15H,2-4,9-11,14H2,(H,25,26,28). The lowest BCUT2D eigenvalue weighted by Gasteiger charge is -2.45. The van der Waals surface area contributed by atoms with Crippen LogP contribution in [0.2, 0.25) is 0 Å². The Labute approximate surface area is 177 Å². The number of hydrogen-bond acceptors (Lipinski definition) is 3. The summed E-state index contributed by atoms with van der Waals surface area (Å²) in [6, 6.07) is 9.94. The smallest absolute Gasteiger partial charge is 0.233 e. The van der Waals surface area contributed by atoms with Crippen molar-refractivity contribution in [2.45, 2.75) is 37.5 Å². The van der Waals surface area contributed by atoms with Crippen molar-refractivity contribution in [3.63, 3.8) is 0 Å². The third-order valence-electron chi connectivity index (χ3n) is 6.05. The van der Waals surface area contributed by atoms with Crippen molar-refractivity contribution < 1.29 is 14.0 Å². The van der Waals surface area contributed by atoms with E-state index in [0.717, 1.165) is 42.1 Å². The summed E-state index contributed by atoms with van der Waals surface area (Å²) in [4.78, 5) is 32.1. The van der Waals surface area contributed by atoms with Crippen molar-refractivity contribution in [2.75, 3.05) is 18.4 Å². The predicted octanol–water partition coefficient (Wildman–Crippen LogP) is 4.28. The van der Waals surface area contributed by atoms with Gasteiger partial charge in [-0.3, -0.25) is 9.59 Å². The molecule has 5 nitrogen and oxygen atoms in total. The van der Waals surface area contributed by atoms with Gasteiger partial charge < -0.3 is 10.2 Å². The third-order valence-corrected chi connectivity index (χ3v) is 6.52. The van der Waals surface area contributed by atoms with Gasteiger partial charge in [0.2, 0.25) is 11.8 Å². The van der Waals surface area contributed by atoms with E-state index >= 15 is 0 Å². The summed E-state index contributed by atoms with van der Waals surface area (Å²) < 4.78 is 14.6. The molecule has 1 aliphatic carbocycles. The fourth-order valence-corrected chi connectivity index (χ4v) is 4.53. The molecule has 2 amide bonds. The van der Waals surface area contributed by atoms with Gasteiger partial charge in [0.1, 0.15) is 11.6 Å². The highest BCUT2D eigenvalue weighted by Crippen LogP contribution is 2.45. The highest BCUT2D eigenvalue weighted by molar-refractivity contribution is 9.10. The van der Waals surface area contributed by atoms with E-state index in [1.165, 1.54) is 12.1 Å². The Kier molecular flexibility index (Phi) is 5.67. The second kappa shape index (κ2) is 8.22. The Hall–Kier alpha value is -2.28. The molecule has 1 atom stereocenters. The first-order valence-corrected chi connectivity index (χ1v) is 10.8. The number of benzene rings is 1. The van der Waals surface area contributed by atoms with Crippen LogP contribution < -0.4 is 5.32 Å². The molecule has 1 aromatic carbocycles. The number of pyridine rings is 1. The summed E-state index contributed by atoms with van der Waals surface area (Å²) in [7, 11) is 0. The number of amides is 2. The largest absolute Gasteiger partial charge is 0.341 e. The third kappa shape index (κ3) is 4.06. The number of anilines is 1. The molecule has 2 fully saturated rings. The zero-order chi connectivity index (χ0) is 20.4. The monoisotopic (exact) mass is 459 g/mol. The minimum Gasteiger partial charge on any atom is -0.341 e. The molecule has 29 heavy (non-hydrogen) atoms. The van der Waals surface area contributed by atoms with Crippen LogP contribution in [-0.4, -0.2) is 34.8 Å². The molecule has 1 saturated carbocycles. The van der Waals surface area contributed by atoms with E-state index in [-0.39, 0.29) is 23.5 Å². The van der Waals surface area contributed by atoms with Gasteiger partial charge in [-0.15, -0.1) is 0 Å². The lowest BCUT2D eigenvalue weighted by molar-refractivity contribution is -0.143. The molecule has 1 unspecified atom stereocenters. The number of halogens is 2. The van der Waals surface area contributed by atoms with E-state index in [1.807, 2.05) is 12.1 Å². The SMILES string of the molecule is O=C(Nc1ccc(Br)cn1)C1CCCN(C(=O)C2(c3cccc(F)c3)CCC2)C1. The number of carbonyl (C=O) groups excluding carboxylic acids is 2. The summed E-state index contributed by atoms with van der Waals surface area (Å²) in [5, 5.41) is 2.85. The Bertz CT molecular complexity index is 915. The summed E-state index contributed by atoms with van der Waals surface area (Å²) in [5.74, 6) is -0.196. The summed E-state index contributed by atoms with van der Waals surface area (Å²) in [6.45, 7) is 1.02. The molecule has 0 spiro atoms. The van der Waals surface area contributed by atoms with Gasteiger partial charge in [0, 0.05) is 23.8 Å². The van der Waals surface area contributed by atoms with Gasteiger partial charge in [0.15, 0.2) is 0 Å². The first kappa shape index (κ1) is 20.0. The fraction of sp³-hybridized carbons (Fsp3) is 0.409. The van der Waals surface area contributed by atoms with Crippen LogP contribution in [0.15, 0.2) is 47.1 Å². The van der Waals surface area contributed by atoms with Crippen molar-refractivity contribution >= 4 is 33.6 Å². The summed E-state index contributed by atoms with van der Waals surface area (Å²) >= 11 is 3.32. The number of piperidine rings is 1. The van der Waals surface area contributed by atoms with Gasteiger partial charge in [-0.05, 0) is 71.4 Å². The molecule has 1 aromatic heterocycles. The zero-order valence-corrected chi connectivity index (χ0v) is 17.6. The van der Waals surface area contributed by atoms with Crippen LogP contribution >= 0.6 is 15.9 Å². The normalized spacial score (nSPS) is 20.6. The molecule has 1 N–H and O–H groups in total. The fourth-order valence-electron chi connectivity index (χ4n) is 4.30. The Morgan fingerprint density at radius 1 is 1.21 bits per heavy atom. The molecule has 7 heteroatoms. The van der Waals surface area contributed by atoms with Gasteiger partial charge in [0.05, 0.1) is 11.3 Å². The highest BCUT2D eigenvalue weighted by atomic mass is 79.9. The van der Waals surface area contributed by atoms with E-state index in [2.05, 4.69) is 26.2 Å². The molecular weight excluding hydrogens is 437 g/mol. The second-order valence-electron chi connectivity index (χ2n) is 7.89. The second-order valence-corrected chi connectivity index (χ2v) is 8.80. The highest BCUT2D eigenvalue weighted by Gasteiger charge is 2.48. The average Bonchev–Trinajstić information content (AvgIpc) is 2.69. The predicted molar refractivity (Wildman–Crippen MR) is 112 cm³/mol. The number of carbonyl (C=O) groups is 2. The topological polar surface area (TPSA) is 62.3 Å². The Morgan fingerprint density at radius 3 is 2.69 bits per heavy atom. The van der Waals surface area contributed by atoms with E-state index in [1.54, 1.807) is 23.2 Å². The van der Waals surface area contributed by atoms with Crippen LogP contribution in [0.5, 0.6) is 0 Å². The first-order valence-electron chi connectivity index (χ1n) is 9.96. The number of nitrogens with zero attached hydrogens (tertiary/aromatic N) is 2.